The molecule has 0 saturated carbocycles. The molecular formula is C12H26N2O. The third-order valence-corrected chi connectivity index (χ3v) is 3.30. The van der Waals surface area contributed by atoms with Crippen LogP contribution in [-0.4, -0.2) is 49.3 Å². The van der Waals surface area contributed by atoms with Crippen LogP contribution in [0.25, 0.3) is 0 Å². The summed E-state index contributed by atoms with van der Waals surface area (Å²) >= 11 is 0. The van der Waals surface area contributed by atoms with Gasteiger partial charge < -0.3 is 10.1 Å². The molecule has 0 bridgehead atoms. The van der Waals surface area contributed by atoms with Gasteiger partial charge >= 0.3 is 0 Å². The van der Waals surface area contributed by atoms with Crippen molar-refractivity contribution in [1.29, 1.82) is 0 Å². The third-order valence-electron chi connectivity index (χ3n) is 3.30. The lowest BCUT2D eigenvalue weighted by Gasteiger charge is -2.41. The highest BCUT2D eigenvalue weighted by Gasteiger charge is 2.28. The van der Waals surface area contributed by atoms with Crippen LogP contribution >= 0.6 is 0 Å². The van der Waals surface area contributed by atoms with Crippen molar-refractivity contribution in [3.63, 3.8) is 0 Å². The molecule has 0 aromatic carbocycles. The first-order valence-corrected chi connectivity index (χ1v) is 6.18. The number of nitrogens with one attached hydrogen (secondary N) is 1. The average Bonchev–Trinajstić information content (AvgIpc) is 2.18. The van der Waals surface area contributed by atoms with Gasteiger partial charge in [-0.2, -0.15) is 0 Å². The van der Waals surface area contributed by atoms with Crippen LogP contribution in [0.3, 0.4) is 0 Å². The maximum Gasteiger partial charge on any atom is 0.0673 e. The normalized spacial score (nSPS) is 30.4. The molecular weight excluding hydrogens is 188 g/mol. The summed E-state index contributed by atoms with van der Waals surface area (Å²) in [5.74, 6) is 0. The summed E-state index contributed by atoms with van der Waals surface area (Å²) in [6.07, 6.45) is 1.54. The van der Waals surface area contributed by atoms with E-state index in [4.69, 9.17) is 4.74 Å². The smallest absolute Gasteiger partial charge is 0.0673 e. The van der Waals surface area contributed by atoms with Gasteiger partial charge in [0.05, 0.1) is 6.10 Å². The van der Waals surface area contributed by atoms with Gasteiger partial charge in [0.1, 0.15) is 0 Å². The van der Waals surface area contributed by atoms with Gasteiger partial charge in [0.25, 0.3) is 0 Å². The van der Waals surface area contributed by atoms with E-state index >= 15 is 0 Å². The van der Waals surface area contributed by atoms with Gasteiger partial charge in [0.2, 0.25) is 0 Å². The second-order valence-electron chi connectivity index (χ2n) is 4.84. The zero-order valence-corrected chi connectivity index (χ0v) is 10.7. The zero-order valence-electron chi connectivity index (χ0n) is 10.7. The summed E-state index contributed by atoms with van der Waals surface area (Å²) in [4.78, 5) is 2.51. The predicted molar refractivity (Wildman–Crippen MR) is 64.2 cm³/mol. The maximum atomic E-state index is 5.58. The van der Waals surface area contributed by atoms with E-state index in [1.54, 1.807) is 0 Å². The molecule has 1 N–H and O–H groups in total. The standard InChI is InChI=1S/C12H26N2O/c1-5-12(4)10-14(8-7-13-12)9-11(3)15-6-2/h11,13H,5-10H2,1-4H3. The van der Waals surface area contributed by atoms with Crippen molar-refractivity contribution in [3.05, 3.63) is 0 Å². The first kappa shape index (κ1) is 12.9. The van der Waals surface area contributed by atoms with Crippen LogP contribution in [-0.2, 0) is 4.74 Å². The van der Waals surface area contributed by atoms with E-state index < -0.39 is 0 Å². The fourth-order valence-electron chi connectivity index (χ4n) is 2.24. The van der Waals surface area contributed by atoms with Crippen molar-refractivity contribution in [2.45, 2.75) is 45.8 Å². The number of piperazine rings is 1. The molecule has 3 nitrogen and oxygen atoms in total. The van der Waals surface area contributed by atoms with Gasteiger partial charge in [-0.05, 0) is 27.2 Å². The summed E-state index contributed by atoms with van der Waals surface area (Å²) in [5.41, 5.74) is 0.296. The van der Waals surface area contributed by atoms with E-state index in [-0.39, 0.29) is 0 Å². The van der Waals surface area contributed by atoms with Crippen LogP contribution in [0.1, 0.15) is 34.1 Å². The topological polar surface area (TPSA) is 24.5 Å². The molecule has 0 aromatic rings. The van der Waals surface area contributed by atoms with E-state index in [0.29, 0.717) is 11.6 Å². The molecule has 1 rings (SSSR count). The molecule has 1 aliphatic rings. The predicted octanol–water partition coefficient (Wildman–Crippen LogP) is 1.49. The molecule has 2 atom stereocenters. The number of nitrogens with zero attached hydrogens (tertiary/aromatic N) is 1. The molecule has 1 aliphatic heterocycles. The van der Waals surface area contributed by atoms with Gasteiger partial charge in [-0.25, -0.2) is 0 Å². The van der Waals surface area contributed by atoms with Crippen molar-refractivity contribution in [1.82, 2.24) is 10.2 Å². The largest absolute Gasteiger partial charge is 0.377 e. The molecule has 0 amide bonds. The lowest BCUT2D eigenvalue weighted by atomic mass is 9.96. The fraction of sp³-hybridized carbons (Fsp3) is 1.00. The van der Waals surface area contributed by atoms with Crippen molar-refractivity contribution in [3.8, 4) is 0 Å². The second-order valence-corrected chi connectivity index (χ2v) is 4.84. The highest BCUT2D eigenvalue weighted by molar-refractivity contribution is 4.90. The van der Waals surface area contributed by atoms with Crippen LogP contribution in [0.15, 0.2) is 0 Å². The lowest BCUT2D eigenvalue weighted by molar-refractivity contribution is 0.0286. The summed E-state index contributed by atoms with van der Waals surface area (Å²) in [6.45, 7) is 14.0. The Labute approximate surface area is 94.2 Å². The Morgan fingerprint density at radius 3 is 2.80 bits per heavy atom. The van der Waals surface area contributed by atoms with E-state index in [9.17, 15) is 0 Å². The molecule has 90 valence electrons. The summed E-state index contributed by atoms with van der Waals surface area (Å²) in [7, 11) is 0. The van der Waals surface area contributed by atoms with Crippen LogP contribution in [0.5, 0.6) is 0 Å². The van der Waals surface area contributed by atoms with Gasteiger partial charge in [-0.3, -0.25) is 4.90 Å². The molecule has 0 aliphatic carbocycles. The monoisotopic (exact) mass is 214 g/mol. The highest BCUT2D eigenvalue weighted by atomic mass is 16.5. The molecule has 3 heteroatoms. The molecule has 1 saturated heterocycles. The molecule has 1 fully saturated rings. The Morgan fingerprint density at radius 1 is 1.47 bits per heavy atom. The van der Waals surface area contributed by atoms with Gasteiger partial charge in [0, 0.05) is 38.3 Å². The Kier molecular flexibility index (Phi) is 5.03. The summed E-state index contributed by atoms with van der Waals surface area (Å²) < 4.78 is 5.58. The van der Waals surface area contributed by atoms with E-state index in [1.807, 2.05) is 0 Å². The Balaban J connectivity index is 2.36. The number of ether oxygens (including phenoxy) is 1. The van der Waals surface area contributed by atoms with Crippen molar-refractivity contribution in [2.75, 3.05) is 32.8 Å². The molecule has 2 unspecified atom stereocenters. The lowest BCUT2D eigenvalue weighted by Crippen LogP contribution is -2.59. The molecule has 0 spiro atoms. The number of rotatable bonds is 5. The SMILES string of the molecule is CCOC(C)CN1CCNC(C)(CC)C1. The molecule has 15 heavy (non-hydrogen) atoms. The van der Waals surface area contributed by atoms with Crippen LogP contribution < -0.4 is 5.32 Å². The van der Waals surface area contributed by atoms with Crippen LogP contribution in [0, 0.1) is 0 Å². The minimum Gasteiger partial charge on any atom is -0.377 e. The molecule has 0 radical (unpaired) electrons. The Morgan fingerprint density at radius 2 is 2.20 bits per heavy atom. The Hall–Kier alpha value is -0.120. The van der Waals surface area contributed by atoms with Crippen molar-refractivity contribution >= 4 is 0 Å². The Bertz CT molecular complexity index is 186. The van der Waals surface area contributed by atoms with E-state index in [0.717, 1.165) is 32.8 Å². The first-order valence-electron chi connectivity index (χ1n) is 6.18. The van der Waals surface area contributed by atoms with Crippen LogP contribution in [0.4, 0.5) is 0 Å². The van der Waals surface area contributed by atoms with E-state index in [1.165, 1.54) is 6.42 Å². The zero-order chi connectivity index (χ0) is 11.3. The highest BCUT2D eigenvalue weighted by Crippen LogP contribution is 2.15. The maximum absolute atomic E-state index is 5.58. The summed E-state index contributed by atoms with van der Waals surface area (Å²) in [6, 6.07) is 0. The van der Waals surface area contributed by atoms with Crippen molar-refractivity contribution in [2.24, 2.45) is 0 Å². The van der Waals surface area contributed by atoms with Crippen LogP contribution in [0.2, 0.25) is 0 Å². The minimum absolute atomic E-state index is 0.296. The van der Waals surface area contributed by atoms with E-state index in [2.05, 4.69) is 37.9 Å². The first-order chi connectivity index (χ1) is 7.09. The average molecular weight is 214 g/mol. The van der Waals surface area contributed by atoms with Crippen molar-refractivity contribution < 1.29 is 4.74 Å². The third kappa shape index (κ3) is 4.09. The quantitative estimate of drug-likeness (QED) is 0.750. The van der Waals surface area contributed by atoms with Gasteiger partial charge in [-0.15, -0.1) is 0 Å². The number of hydrogen-bond acceptors (Lipinski definition) is 3. The molecule has 0 aromatic heterocycles. The number of hydrogen-bond donors (Lipinski definition) is 1. The van der Waals surface area contributed by atoms with Gasteiger partial charge in [0.15, 0.2) is 0 Å². The minimum atomic E-state index is 0.296. The van der Waals surface area contributed by atoms with Gasteiger partial charge in [-0.1, -0.05) is 6.92 Å². The fourth-order valence-corrected chi connectivity index (χ4v) is 2.24. The molecule has 1 heterocycles. The summed E-state index contributed by atoms with van der Waals surface area (Å²) in [5, 5.41) is 3.60. The second kappa shape index (κ2) is 5.83.